The fourth-order valence-electron chi connectivity index (χ4n) is 2.94. The first-order valence-electron chi connectivity index (χ1n) is 7.41. The van der Waals surface area contributed by atoms with Crippen molar-refractivity contribution in [2.45, 2.75) is 25.4 Å². The number of carbonyl (C=O) groups is 2. The summed E-state index contributed by atoms with van der Waals surface area (Å²) in [6.45, 7) is 1.71. The van der Waals surface area contributed by atoms with Gasteiger partial charge >= 0.3 is 5.97 Å². The van der Waals surface area contributed by atoms with Crippen LogP contribution < -0.4 is 21.7 Å². The lowest BCUT2D eigenvalue weighted by atomic mass is 9.94. The first-order valence-corrected chi connectivity index (χ1v) is 7.41. The number of benzene rings is 1. The highest BCUT2D eigenvalue weighted by Gasteiger charge is 2.30. The van der Waals surface area contributed by atoms with Gasteiger partial charge in [-0.3, -0.25) is 20.3 Å². The van der Waals surface area contributed by atoms with Crippen LogP contribution in [0.15, 0.2) is 24.3 Å². The van der Waals surface area contributed by atoms with Gasteiger partial charge in [0.1, 0.15) is 6.54 Å². The molecule has 1 aromatic carbocycles. The summed E-state index contributed by atoms with van der Waals surface area (Å²) in [4.78, 5) is 26.0. The van der Waals surface area contributed by atoms with Gasteiger partial charge in [-0.2, -0.15) is 5.53 Å². The number of hydrogen-bond acceptors (Lipinski definition) is 5. The van der Waals surface area contributed by atoms with E-state index in [-0.39, 0.29) is 18.5 Å². The lowest BCUT2D eigenvalue weighted by molar-refractivity contribution is -0.136. The number of H-pyrrole nitrogens is 1. The Balaban J connectivity index is 1.70. The number of aromatic amines is 1. The van der Waals surface area contributed by atoms with E-state index >= 15 is 0 Å². The lowest BCUT2D eigenvalue weighted by Crippen LogP contribution is -2.56. The zero-order valence-corrected chi connectivity index (χ0v) is 12.6. The average molecular weight is 317 g/mol. The molecule has 2 heterocycles. The molecule has 6 N–H and O–H groups in total. The topological polar surface area (TPSA) is 118 Å². The molecule has 0 saturated carbocycles. The minimum absolute atomic E-state index is 0.0221. The van der Waals surface area contributed by atoms with Crippen molar-refractivity contribution in [3.8, 4) is 0 Å². The average Bonchev–Trinajstić information content (AvgIpc) is 2.90. The summed E-state index contributed by atoms with van der Waals surface area (Å²) in [5, 5.41) is 12.9. The van der Waals surface area contributed by atoms with Crippen LogP contribution in [0, 0.1) is 0 Å². The molecule has 1 aliphatic heterocycles. The Morgan fingerprint density at radius 1 is 1.35 bits per heavy atom. The minimum atomic E-state index is -1.01. The number of para-hydroxylation sites is 1. The maximum atomic E-state index is 12.2. The van der Waals surface area contributed by atoms with Gasteiger partial charge in [0.05, 0.1) is 6.04 Å². The molecule has 1 aromatic heterocycles. The monoisotopic (exact) mass is 317 g/mol. The third-order valence-corrected chi connectivity index (χ3v) is 3.97. The van der Waals surface area contributed by atoms with E-state index < -0.39 is 12.0 Å². The van der Waals surface area contributed by atoms with Gasteiger partial charge < -0.3 is 10.1 Å². The van der Waals surface area contributed by atoms with Gasteiger partial charge in [-0.1, -0.05) is 18.2 Å². The molecular weight excluding hydrogens is 298 g/mol. The van der Waals surface area contributed by atoms with Gasteiger partial charge in [0.2, 0.25) is 0 Å². The van der Waals surface area contributed by atoms with Crippen molar-refractivity contribution in [3.05, 3.63) is 35.5 Å². The maximum Gasteiger partial charge on any atom is 0.318 e. The molecule has 1 amide bonds. The van der Waals surface area contributed by atoms with Crippen molar-refractivity contribution in [1.82, 2.24) is 26.7 Å². The van der Waals surface area contributed by atoms with E-state index in [2.05, 4.69) is 26.7 Å². The second-order valence-electron chi connectivity index (χ2n) is 5.57. The minimum Gasteiger partial charge on any atom is -0.480 e. The summed E-state index contributed by atoms with van der Waals surface area (Å²) in [5.41, 5.74) is 10.6. The summed E-state index contributed by atoms with van der Waals surface area (Å²) < 4.78 is 0. The normalized spacial score (nSPS) is 20.2. The number of nitrogens with one attached hydrogen (secondary N) is 5. The highest BCUT2D eigenvalue weighted by Crippen LogP contribution is 2.31. The predicted molar refractivity (Wildman–Crippen MR) is 84.3 cm³/mol. The second kappa shape index (κ2) is 6.37. The van der Waals surface area contributed by atoms with E-state index in [9.17, 15) is 9.59 Å². The molecule has 0 bridgehead atoms. The molecule has 3 rings (SSSR count). The number of amides is 1. The number of carbonyl (C=O) groups excluding carboxylic acids is 1. The van der Waals surface area contributed by atoms with E-state index in [4.69, 9.17) is 5.11 Å². The quantitative estimate of drug-likeness (QED) is 0.340. The molecule has 1 aliphatic rings. The van der Waals surface area contributed by atoms with Crippen LogP contribution in [0.2, 0.25) is 0 Å². The summed E-state index contributed by atoms with van der Waals surface area (Å²) in [6.07, 6.45) is 0.566. The van der Waals surface area contributed by atoms with E-state index in [0.29, 0.717) is 6.42 Å². The SMILES string of the molecule is C[C@@H]1N[C@H](C(=O)NNNCC(=O)O)Cc2c1[nH]c1ccccc21. The Morgan fingerprint density at radius 2 is 2.13 bits per heavy atom. The fraction of sp³-hybridized carbons (Fsp3) is 0.333. The van der Waals surface area contributed by atoms with Crippen LogP contribution in [0.4, 0.5) is 0 Å². The molecular formula is C15H19N5O3. The van der Waals surface area contributed by atoms with E-state index in [1.807, 2.05) is 31.2 Å². The van der Waals surface area contributed by atoms with Crippen LogP contribution in [0.1, 0.15) is 24.2 Å². The molecule has 2 atom stereocenters. The third kappa shape index (κ3) is 3.19. The Bertz CT molecular complexity index is 742. The maximum absolute atomic E-state index is 12.2. The molecule has 122 valence electrons. The highest BCUT2D eigenvalue weighted by atomic mass is 16.4. The second-order valence-corrected chi connectivity index (χ2v) is 5.57. The Kier molecular flexibility index (Phi) is 4.28. The van der Waals surface area contributed by atoms with Crippen LogP contribution in [0.5, 0.6) is 0 Å². The number of carboxylic acids is 1. The number of carboxylic acid groups (broad SMARTS) is 1. The Labute approximate surface area is 132 Å². The lowest BCUT2D eigenvalue weighted by Gasteiger charge is -2.28. The van der Waals surface area contributed by atoms with Crippen LogP contribution in [-0.4, -0.2) is 34.6 Å². The molecule has 0 fully saturated rings. The first kappa shape index (κ1) is 15.5. The molecule has 0 saturated heterocycles. The van der Waals surface area contributed by atoms with E-state index in [0.717, 1.165) is 22.2 Å². The van der Waals surface area contributed by atoms with E-state index in [1.54, 1.807) is 0 Å². The smallest absolute Gasteiger partial charge is 0.318 e. The first-order chi connectivity index (χ1) is 11.1. The summed E-state index contributed by atoms with van der Waals surface area (Å²) in [5.74, 6) is -1.26. The van der Waals surface area contributed by atoms with E-state index in [1.165, 1.54) is 0 Å². The molecule has 8 heteroatoms. The fourth-order valence-corrected chi connectivity index (χ4v) is 2.94. The summed E-state index contributed by atoms with van der Waals surface area (Å²) >= 11 is 0. The van der Waals surface area contributed by atoms with Crippen LogP contribution >= 0.6 is 0 Å². The van der Waals surface area contributed by atoms with Crippen molar-refractivity contribution < 1.29 is 14.7 Å². The van der Waals surface area contributed by atoms with Crippen LogP contribution in [-0.2, 0) is 16.0 Å². The molecule has 2 aromatic rings. The number of fused-ring (bicyclic) bond motifs is 3. The number of rotatable bonds is 5. The standard InChI is InChI=1S/C15H19N5O3/c1-8-14-10(9-4-2-3-5-11(9)18-14)6-12(17-8)15(23)19-20-16-7-13(21)22/h2-5,8,12,16-18,20H,6-7H2,1H3,(H,19,23)(H,21,22)/t8-,12-/m0/s1. The zero-order chi connectivity index (χ0) is 16.4. The number of hydrogen-bond donors (Lipinski definition) is 6. The molecule has 0 aliphatic carbocycles. The molecule has 0 radical (unpaired) electrons. The number of aliphatic carboxylic acids is 1. The van der Waals surface area contributed by atoms with Gasteiger partial charge in [0.25, 0.3) is 5.91 Å². The van der Waals surface area contributed by atoms with Crippen LogP contribution in [0.25, 0.3) is 10.9 Å². The van der Waals surface area contributed by atoms with Gasteiger partial charge in [0, 0.05) is 22.6 Å². The molecule has 0 unspecified atom stereocenters. The Hall–Kier alpha value is -2.42. The Morgan fingerprint density at radius 3 is 2.91 bits per heavy atom. The summed E-state index contributed by atoms with van der Waals surface area (Å²) in [7, 11) is 0. The van der Waals surface area contributed by atoms with Gasteiger partial charge in [-0.05, 0) is 25.0 Å². The van der Waals surface area contributed by atoms with Crippen molar-refractivity contribution in [1.29, 1.82) is 0 Å². The van der Waals surface area contributed by atoms with Crippen molar-refractivity contribution in [3.63, 3.8) is 0 Å². The largest absolute Gasteiger partial charge is 0.480 e. The van der Waals surface area contributed by atoms with Crippen molar-refractivity contribution >= 4 is 22.8 Å². The van der Waals surface area contributed by atoms with Crippen LogP contribution in [0.3, 0.4) is 0 Å². The number of hydrazine groups is 2. The zero-order valence-electron chi connectivity index (χ0n) is 12.6. The molecule has 0 spiro atoms. The van der Waals surface area contributed by atoms with Gasteiger partial charge in [0.15, 0.2) is 0 Å². The van der Waals surface area contributed by atoms with Gasteiger partial charge in [-0.15, -0.1) is 0 Å². The predicted octanol–water partition coefficient (Wildman–Crippen LogP) is -0.0468. The number of aromatic nitrogens is 1. The third-order valence-electron chi connectivity index (χ3n) is 3.97. The van der Waals surface area contributed by atoms with Gasteiger partial charge in [-0.25, -0.2) is 5.43 Å². The highest BCUT2D eigenvalue weighted by molar-refractivity contribution is 5.88. The summed E-state index contributed by atoms with van der Waals surface area (Å²) in [6, 6.07) is 7.65. The molecule has 23 heavy (non-hydrogen) atoms. The van der Waals surface area contributed by atoms with Crippen molar-refractivity contribution in [2.24, 2.45) is 0 Å². The van der Waals surface area contributed by atoms with Crippen molar-refractivity contribution in [2.75, 3.05) is 6.54 Å². The molecule has 8 nitrogen and oxygen atoms in total.